The minimum absolute atomic E-state index is 0.0260. The van der Waals surface area contributed by atoms with Crippen molar-refractivity contribution in [1.82, 2.24) is 14.7 Å². The van der Waals surface area contributed by atoms with Gasteiger partial charge in [-0.1, -0.05) is 6.58 Å². The predicted molar refractivity (Wildman–Crippen MR) is 130 cm³/mol. The van der Waals surface area contributed by atoms with Gasteiger partial charge in [-0.3, -0.25) is 4.90 Å². The molecule has 0 unspecified atom stereocenters. The Morgan fingerprint density at radius 3 is 2.38 bits per heavy atom. The first-order valence-corrected chi connectivity index (χ1v) is 11.8. The van der Waals surface area contributed by atoms with E-state index in [0.717, 1.165) is 22.4 Å². The zero-order chi connectivity index (χ0) is 24.8. The van der Waals surface area contributed by atoms with Crippen LogP contribution in [0.5, 0.6) is 11.5 Å². The third kappa shape index (κ3) is 3.89. The van der Waals surface area contributed by atoms with Gasteiger partial charge in [0.15, 0.2) is 0 Å². The predicted octanol–water partition coefficient (Wildman–Crippen LogP) is 4.64. The molecule has 2 fully saturated rings. The van der Waals surface area contributed by atoms with Gasteiger partial charge in [0.1, 0.15) is 17.1 Å². The van der Waals surface area contributed by atoms with Crippen molar-refractivity contribution >= 4 is 17.7 Å². The van der Waals surface area contributed by atoms with Crippen LogP contribution in [0.1, 0.15) is 51.7 Å². The van der Waals surface area contributed by atoms with Gasteiger partial charge in [-0.25, -0.2) is 9.59 Å². The van der Waals surface area contributed by atoms with E-state index in [-0.39, 0.29) is 12.1 Å². The van der Waals surface area contributed by atoms with Crippen LogP contribution in [0, 0.1) is 0 Å². The molecule has 0 saturated carbocycles. The average Bonchev–Trinajstić information content (AvgIpc) is 2.89. The van der Waals surface area contributed by atoms with Crippen LogP contribution in [0.15, 0.2) is 30.5 Å². The van der Waals surface area contributed by atoms with Gasteiger partial charge in [-0.05, 0) is 63.8 Å². The van der Waals surface area contributed by atoms with Crippen LogP contribution in [-0.2, 0) is 11.3 Å². The molecule has 0 bridgehead atoms. The molecule has 0 N–H and O–H groups in total. The second-order valence-corrected chi connectivity index (χ2v) is 10.0. The van der Waals surface area contributed by atoms with Gasteiger partial charge < -0.3 is 24.0 Å². The molecule has 3 amide bonds. The Hall–Kier alpha value is -3.16. The summed E-state index contributed by atoms with van der Waals surface area (Å²) in [6.07, 6.45) is 2.99. The highest BCUT2D eigenvalue weighted by Crippen LogP contribution is 2.48. The summed E-state index contributed by atoms with van der Waals surface area (Å²) in [5, 5.41) is 0. The molecule has 4 rings (SSSR count). The van der Waals surface area contributed by atoms with Crippen LogP contribution >= 0.6 is 0 Å². The molecule has 2 saturated heterocycles. The summed E-state index contributed by atoms with van der Waals surface area (Å²) >= 11 is 0. The minimum atomic E-state index is -0.546. The molecular formula is C26H35N3O5. The summed E-state index contributed by atoms with van der Waals surface area (Å²) in [4.78, 5) is 31.8. The SMILES string of the molecule is C=C1C=C2N(Cc3cc(OC)cc(OC)c31)C(=O)N(CC)C21CCN(C(=O)OC(C)(C)C)CC1. The first-order valence-electron chi connectivity index (χ1n) is 11.8. The van der Waals surface area contributed by atoms with Crippen LogP contribution in [0.4, 0.5) is 9.59 Å². The number of fused-ring (bicyclic) bond motifs is 3. The molecule has 3 heterocycles. The second-order valence-electron chi connectivity index (χ2n) is 10.0. The molecule has 1 aromatic rings. The number of hydrogen-bond donors (Lipinski definition) is 0. The van der Waals surface area contributed by atoms with Gasteiger partial charge in [-0.15, -0.1) is 0 Å². The maximum atomic E-state index is 13.6. The number of likely N-dealkylation sites (tertiary alicyclic amines) is 1. The molecule has 184 valence electrons. The minimum Gasteiger partial charge on any atom is -0.497 e. The van der Waals surface area contributed by atoms with Crippen molar-refractivity contribution in [2.45, 2.75) is 58.2 Å². The molecule has 1 spiro atoms. The van der Waals surface area contributed by atoms with Crippen LogP contribution in [-0.4, -0.2) is 71.8 Å². The zero-order valence-electron chi connectivity index (χ0n) is 21.1. The maximum Gasteiger partial charge on any atom is 0.410 e. The Kier molecular flexibility index (Phi) is 6.04. The lowest BCUT2D eigenvalue weighted by atomic mass is 9.82. The number of nitrogens with zero attached hydrogens (tertiary/aromatic N) is 3. The fourth-order valence-electron chi connectivity index (χ4n) is 5.36. The number of methoxy groups -OCH3 is 2. The largest absolute Gasteiger partial charge is 0.497 e. The summed E-state index contributed by atoms with van der Waals surface area (Å²) < 4.78 is 16.7. The van der Waals surface area contributed by atoms with Crippen LogP contribution in [0.2, 0.25) is 0 Å². The highest BCUT2D eigenvalue weighted by molar-refractivity contribution is 5.88. The lowest BCUT2D eigenvalue weighted by molar-refractivity contribution is 0.0113. The van der Waals surface area contributed by atoms with E-state index in [9.17, 15) is 9.59 Å². The molecule has 8 nitrogen and oxygen atoms in total. The van der Waals surface area contributed by atoms with Crippen molar-refractivity contribution in [2.75, 3.05) is 33.9 Å². The molecule has 1 aromatic carbocycles. The van der Waals surface area contributed by atoms with Crippen molar-refractivity contribution in [3.05, 3.63) is 41.6 Å². The third-order valence-corrected chi connectivity index (χ3v) is 6.88. The lowest BCUT2D eigenvalue weighted by Gasteiger charge is -2.44. The topological polar surface area (TPSA) is 71.6 Å². The monoisotopic (exact) mass is 469 g/mol. The molecule has 0 atom stereocenters. The standard InChI is InChI=1S/C26H35N3O5/c1-8-29-23(30)28-16-18-14-19(32-6)15-20(33-7)22(18)17(2)13-21(28)26(29)9-11-27(12-10-26)24(31)34-25(3,4)5/h13-15H,2,8-12,16H2,1,3-7H3. The van der Waals surface area contributed by atoms with E-state index < -0.39 is 11.1 Å². The van der Waals surface area contributed by atoms with Crippen LogP contribution in [0.3, 0.4) is 0 Å². The molecule has 0 aromatic heterocycles. The summed E-state index contributed by atoms with van der Waals surface area (Å²) in [5.74, 6) is 1.34. The van der Waals surface area contributed by atoms with E-state index in [2.05, 4.69) is 6.58 Å². The number of carbonyl (C=O) groups excluding carboxylic acids is 2. The number of allylic oxidation sites excluding steroid dienone is 2. The number of amides is 3. The number of ether oxygens (including phenoxy) is 3. The molecule has 8 heteroatoms. The van der Waals surface area contributed by atoms with E-state index in [4.69, 9.17) is 14.2 Å². The Bertz CT molecular complexity index is 1050. The van der Waals surface area contributed by atoms with Gasteiger partial charge in [0.05, 0.1) is 26.3 Å². The molecular weight excluding hydrogens is 434 g/mol. The number of hydrogen-bond acceptors (Lipinski definition) is 5. The summed E-state index contributed by atoms with van der Waals surface area (Å²) in [5.41, 5.74) is 2.52. The quantitative estimate of drug-likeness (QED) is 0.645. The average molecular weight is 470 g/mol. The molecule has 34 heavy (non-hydrogen) atoms. The van der Waals surface area contributed by atoms with Crippen molar-refractivity contribution in [3.63, 3.8) is 0 Å². The van der Waals surface area contributed by atoms with Gasteiger partial charge in [0, 0.05) is 37.0 Å². The van der Waals surface area contributed by atoms with Crippen molar-refractivity contribution in [3.8, 4) is 11.5 Å². The second kappa shape index (κ2) is 8.56. The van der Waals surface area contributed by atoms with Crippen LogP contribution < -0.4 is 9.47 Å². The first kappa shape index (κ1) is 24.0. The molecule has 3 aliphatic heterocycles. The highest BCUT2D eigenvalue weighted by Gasteiger charge is 2.55. The van der Waals surface area contributed by atoms with E-state index in [1.165, 1.54) is 0 Å². The Labute approximate surface area is 201 Å². The summed E-state index contributed by atoms with van der Waals surface area (Å²) in [7, 11) is 3.24. The third-order valence-electron chi connectivity index (χ3n) is 6.88. The van der Waals surface area contributed by atoms with Gasteiger partial charge in [0.2, 0.25) is 0 Å². The lowest BCUT2D eigenvalue weighted by Crippen LogP contribution is -2.55. The van der Waals surface area contributed by atoms with E-state index >= 15 is 0 Å². The van der Waals surface area contributed by atoms with Crippen molar-refractivity contribution in [2.24, 2.45) is 0 Å². The first-order chi connectivity index (χ1) is 16.0. The number of rotatable bonds is 3. The summed E-state index contributed by atoms with van der Waals surface area (Å²) in [6.45, 7) is 14.0. The Morgan fingerprint density at radius 1 is 1.15 bits per heavy atom. The highest BCUT2D eigenvalue weighted by atomic mass is 16.6. The summed E-state index contributed by atoms with van der Waals surface area (Å²) in [6, 6.07) is 3.76. The Balaban J connectivity index is 1.70. The molecule has 0 aliphatic carbocycles. The number of benzene rings is 1. The Morgan fingerprint density at radius 2 is 1.82 bits per heavy atom. The molecule has 0 radical (unpaired) electrons. The van der Waals surface area contributed by atoms with Gasteiger partial charge in [-0.2, -0.15) is 0 Å². The smallest absolute Gasteiger partial charge is 0.410 e. The van der Waals surface area contributed by atoms with Crippen LogP contribution in [0.25, 0.3) is 5.57 Å². The normalized spacial score (nSPS) is 19.5. The maximum absolute atomic E-state index is 13.6. The van der Waals surface area contributed by atoms with E-state index in [1.54, 1.807) is 19.1 Å². The van der Waals surface area contributed by atoms with Crippen molar-refractivity contribution in [1.29, 1.82) is 0 Å². The fourth-order valence-corrected chi connectivity index (χ4v) is 5.36. The van der Waals surface area contributed by atoms with Gasteiger partial charge in [0.25, 0.3) is 0 Å². The fraction of sp³-hybridized carbons (Fsp3) is 0.538. The number of likely N-dealkylation sites (N-methyl/N-ethyl adjacent to an activating group) is 1. The van der Waals surface area contributed by atoms with Gasteiger partial charge >= 0.3 is 12.1 Å². The van der Waals surface area contributed by atoms with E-state index in [0.29, 0.717) is 50.5 Å². The molecule has 3 aliphatic rings. The zero-order valence-corrected chi connectivity index (χ0v) is 21.1. The van der Waals surface area contributed by atoms with Crippen molar-refractivity contribution < 1.29 is 23.8 Å². The van der Waals surface area contributed by atoms with E-state index in [1.807, 2.05) is 55.7 Å². The number of piperidine rings is 1. The number of urea groups is 1. The number of carbonyl (C=O) groups is 2.